The van der Waals surface area contributed by atoms with Crippen LogP contribution in [0.5, 0.6) is 0 Å². The van der Waals surface area contributed by atoms with Gasteiger partial charge in [-0.3, -0.25) is 4.98 Å². The number of nitrogens with zero attached hydrogens (tertiary/aromatic N) is 4. The molecular formula is C12H15N5. The molecule has 0 aromatic carbocycles. The number of rotatable bonds is 4. The molecule has 5 heteroatoms. The summed E-state index contributed by atoms with van der Waals surface area (Å²) < 4.78 is 1.95. The van der Waals surface area contributed by atoms with Gasteiger partial charge in [-0.1, -0.05) is 5.21 Å². The van der Waals surface area contributed by atoms with Gasteiger partial charge in [0.2, 0.25) is 0 Å². The lowest BCUT2D eigenvalue weighted by molar-refractivity contribution is 0.565. The predicted molar refractivity (Wildman–Crippen MR) is 64.4 cm³/mol. The average Bonchev–Trinajstić information content (AvgIpc) is 3.12. The standard InChI is InChI=1S/C12H15N5/c13-12-11(10-1-2-10)17(16-15-12)8-5-9-3-6-14-7-4-9/h3-4,6-7,10H,1-2,5,8,13H2. The first-order chi connectivity index (χ1) is 8.34. The summed E-state index contributed by atoms with van der Waals surface area (Å²) in [5.41, 5.74) is 8.23. The fraction of sp³-hybridized carbons (Fsp3) is 0.417. The molecule has 0 aliphatic heterocycles. The molecule has 0 atom stereocenters. The van der Waals surface area contributed by atoms with Gasteiger partial charge < -0.3 is 5.73 Å². The van der Waals surface area contributed by atoms with Crippen LogP contribution in [-0.2, 0) is 13.0 Å². The summed E-state index contributed by atoms with van der Waals surface area (Å²) >= 11 is 0. The fourth-order valence-electron chi connectivity index (χ4n) is 2.06. The summed E-state index contributed by atoms with van der Waals surface area (Å²) in [6.07, 6.45) is 6.99. The quantitative estimate of drug-likeness (QED) is 0.859. The minimum Gasteiger partial charge on any atom is -0.381 e. The molecule has 1 aliphatic rings. The number of aryl methyl sites for hydroxylation is 2. The zero-order chi connectivity index (χ0) is 11.7. The Kier molecular flexibility index (Phi) is 2.51. The maximum absolute atomic E-state index is 5.85. The van der Waals surface area contributed by atoms with E-state index in [1.165, 1.54) is 18.4 Å². The maximum atomic E-state index is 5.85. The van der Waals surface area contributed by atoms with E-state index >= 15 is 0 Å². The number of aromatic nitrogens is 4. The Morgan fingerprint density at radius 2 is 2.06 bits per heavy atom. The fourth-order valence-corrected chi connectivity index (χ4v) is 2.06. The van der Waals surface area contributed by atoms with Crippen molar-refractivity contribution in [3.05, 3.63) is 35.8 Å². The predicted octanol–water partition coefficient (Wildman–Crippen LogP) is 1.38. The van der Waals surface area contributed by atoms with Crippen molar-refractivity contribution >= 4 is 5.82 Å². The average molecular weight is 229 g/mol. The van der Waals surface area contributed by atoms with Gasteiger partial charge in [-0.25, -0.2) is 4.68 Å². The Morgan fingerprint density at radius 3 is 2.76 bits per heavy atom. The van der Waals surface area contributed by atoms with Gasteiger partial charge in [0, 0.05) is 24.9 Å². The van der Waals surface area contributed by atoms with E-state index in [1.54, 1.807) is 0 Å². The first-order valence-corrected chi connectivity index (χ1v) is 5.92. The molecule has 0 unspecified atom stereocenters. The smallest absolute Gasteiger partial charge is 0.169 e. The Morgan fingerprint density at radius 1 is 1.29 bits per heavy atom. The number of anilines is 1. The Balaban J connectivity index is 1.73. The van der Waals surface area contributed by atoms with Crippen molar-refractivity contribution < 1.29 is 0 Å². The Bertz CT molecular complexity index is 501. The molecule has 0 amide bonds. The van der Waals surface area contributed by atoms with Crippen molar-refractivity contribution in [2.24, 2.45) is 0 Å². The SMILES string of the molecule is Nc1nnn(CCc2ccncc2)c1C1CC1. The second-order valence-corrected chi connectivity index (χ2v) is 4.46. The van der Waals surface area contributed by atoms with Gasteiger partial charge in [0.15, 0.2) is 5.82 Å². The minimum atomic E-state index is 0.586. The summed E-state index contributed by atoms with van der Waals surface area (Å²) in [6, 6.07) is 4.05. The Labute approximate surface area is 99.7 Å². The van der Waals surface area contributed by atoms with Crippen LogP contribution in [0, 0.1) is 0 Å². The van der Waals surface area contributed by atoms with E-state index in [0.717, 1.165) is 18.7 Å². The lowest BCUT2D eigenvalue weighted by Gasteiger charge is -2.05. The van der Waals surface area contributed by atoms with E-state index in [-0.39, 0.29) is 0 Å². The van der Waals surface area contributed by atoms with E-state index in [1.807, 2.05) is 29.2 Å². The third kappa shape index (κ3) is 2.13. The van der Waals surface area contributed by atoms with Crippen LogP contribution in [-0.4, -0.2) is 20.0 Å². The van der Waals surface area contributed by atoms with E-state index in [2.05, 4.69) is 15.3 Å². The van der Waals surface area contributed by atoms with Crippen LogP contribution in [0.1, 0.15) is 30.0 Å². The molecule has 0 saturated heterocycles. The molecule has 1 fully saturated rings. The molecule has 88 valence electrons. The zero-order valence-electron chi connectivity index (χ0n) is 9.58. The normalized spacial score (nSPS) is 15.1. The first kappa shape index (κ1) is 10.3. The number of pyridine rings is 1. The van der Waals surface area contributed by atoms with Crippen LogP contribution in [0.2, 0.25) is 0 Å². The van der Waals surface area contributed by atoms with Crippen LogP contribution < -0.4 is 5.73 Å². The highest BCUT2D eigenvalue weighted by atomic mass is 15.4. The van der Waals surface area contributed by atoms with E-state index in [0.29, 0.717) is 11.7 Å². The van der Waals surface area contributed by atoms with Crippen LogP contribution in [0.25, 0.3) is 0 Å². The molecule has 0 bridgehead atoms. The van der Waals surface area contributed by atoms with Gasteiger partial charge in [0.25, 0.3) is 0 Å². The summed E-state index contributed by atoms with van der Waals surface area (Å²) in [7, 11) is 0. The van der Waals surface area contributed by atoms with Crippen LogP contribution in [0.3, 0.4) is 0 Å². The number of hydrogen-bond donors (Lipinski definition) is 1. The van der Waals surface area contributed by atoms with Gasteiger partial charge in [-0.2, -0.15) is 0 Å². The second-order valence-electron chi connectivity index (χ2n) is 4.46. The van der Waals surface area contributed by atoms with E-state index < -0.39 is 0 Å². The zero-order valence-corrected chi connectivity index (χ0v) is 9.58. The number of nitrogen functional groups attached to an aromatic ring is 1. The van der Waals surface area contributed by atoms with Gasteiger partial charge in [-0.15, -0.1) is 5.10 Å². The van der Waals surface area contributed by atoms with Crippen molar-refractivity contribution in [1.82, 2.24) is 20.0 Å². The maximum Gasteiger partial charge on any atom is 0.169 e. The lowest BCUT2D eigenvalue weighted by Crippen LogP contribution is -2.07. The molecular weight excluding hydrogens is 214 g/mol. The third-order valence-corrected chi connectivity index (χ3v) is 3.13. The summed E-state index contributed by atoms with van der Waals surface area (Å²) in [5, 5.41) is 8.09. The van der Waals surface area contributed by atoms with Gasteiger partial charge in [0.05, 0.1) is 5.69 Å². The highest BCUT2D eigenvalue weighted by molar-refractivity contribution is 5.38. The van der Waals surface area contributed by atoms with Gasteiger partial charge >= 0.3 is 0 Å². The lowest BCUT2D eigenvalue weighted by atomic mass is 10.2. The number of hydrogen-bond acceptors (Lipinski definition) is 4. The van der Waals surface area contributed by atoms with Crippen LogP contribution in [0.15, 0.2) is 24.5 Å². The van der Waals surface area contributed by atoms with Crippen molar-refractivity contribution in [3.8, 4) is 0 Å². The summed E-state index contributed by atoms with van der Waals surface area (Å²) in [6.45, 7) is 0.833. The van der Waals surface area contributed by atoms with Crippen molar-refractivity contribution in [2.45, 2.75) is 31.7 Å². The molecule has 2 aromatic rings. The molecule has 3 rings (SSSR count). The molecule has 5 nitrogen and oxygen atoms in total. The van der Waals surface area contributed by atoms with Crippen molar-refractivity contribution in [1.29, 1.82) is 0 Å². The Hall–Kier alpha value is -1.91. The molecule has 17 heavy (non-hydrogen) atoms. The van der Waals surface area contributed by atoms with Gasteiger partial charge in [0.1, 0.15) is 0 Å². The molecule has 2 aromatic heterocycles. The molecule has 1 saturated carbocycles. The number of nitrogens with two attached hydrogens (primary N) is 1. The van der Waals surface area contributed by atoms with E-state index in [4.69, 9.17) is 5.73 Å². The van der Waals surface area contributed by atoms with Crippen molar-refractivity contribution in [2.75, 3.05) is 5.73 Å². The summed E-state index contributed by atoms with van der Waals surface area (Å²) in [4.78, 5) is 4.01. The first-order valence-electron chi connectivity index (χ1n) is 5.92. The monoisotopic (exact) mass is 229 g/mol. The molecule has 2 N–H and O–H groups in total. The minimum absolute atomic E-state index is 0.586. The van der Waals surface area contributed by atoms with Gasteiger partial charge in [-0.05, 0) is 37.0 Å². The highest BCUT2D eigenvalue weighted by Crippen LogP contribution is 2.41. The highest BCUT2D eigenvalue weighted by Gasteiger charge is 2.30. The molecule has 2 heterocycles. The molecule has 0 radical (unpaired) electrons. The largest absolute Gasteiger partial charge is 0.381 e. The van der Waals surface area contributed by atoms with Crippen LogP contribution in [0.4, 0.5) is 5.82 Å². The van der Waals surface area contributed by atoms with Crippen molar-refractivity contribution in [3.63, 3.8) is 0 Å². The second kappa shape index (κ2) is 4.16. The molecule has 1 aliphatic carbocycles. The topological polar surface area (TPSA) is 69.6 Å². The molecule has 0 spiro atoms. The third-order valence-electron chi connectivity index (χ3n) is 3.13. The van der Waals surface area contributed by atoms with Crippen LogP contribution >= 0.6 is 0 Å². The summed E-state index contributed by atoms with van der Waals surface area (Å²) in [5.74, 6) is 1.18. The van der Waals surface area contributed by atoms with E-state index in [9.17, 15) is 0 Å².